The van der Waals surface area contributed by atoms with Crippen LogP contribution in [-0.4, -0.2) is 47.6 Å². The van der Waals surface area contributed by atoms with Crippen molar-refractivity contribution in [2.24, 2.45) is 0 Å². The third kappa shape index (κ3) is 3.37. The molecule has 2 fully saturated rings. The second-order valence-electron chi connectivity index (χ2n) is 7.87. The summed E-state index contributed by atoms with van der Waals surface area (Å²) in [7, 11) is -3.88. The first-order chi connectivity index (χ1) is 12.7. The number of carbonyl (C=O) groups is 2. The highest BCUT2D eigenvalue weighted by Gasteiger charge is 2.56. The third-order valence-corrected chi connectivity index (χ3v) is 8.63. The number of amides is 1. The van der Waals surface area contributed by atoms with Gasteiger partial charge in [0.25, 0.3) is 0 Å². The molecule has 0 radical (unpaired) electrons. The molecular weight excluding hydrogens is 366 g/mol. The Morgan fingerprint density at radius 1 is 1.19 bits per heavy atom. The Morgan fingerprint density at radius 3 is 2.48 bits per heavy atom. The van der Waals surface area contributed by atoms with Gasteiger partial charge in [-0.15, -0.1) is 0 Å². The number of carbonyl (C=O) groups excluding carboxylic acids is 1. The summed E-state index contributed by atoms with van der Waals surface area (Å²) in [5, 5.41) is 9.15. The Labute approximate surface area is 160 Å². The largest absolute Gasteiger partial charge is 0.481 e. The van der Waals surface area contributed by atoms with Gasteiger partial charge in [-0.05, 0) is 56.7 Å². The predicted octanol–water partition coefficient (Wildman–Crippen LogP) is 2.86. The van der Waals surface area contributed by atoms with Crippen LogP contribution in [0, 0.1) is 13.8 Å². The Kier molecular flexibility index (Phi) is 5.34. The summed E-state index contributed by atoms with van der Waals surface area (Å²) in [5.74, 6) is -1.36. The highest BCUT2D eigenvalue weighted by atomic mass is 32.2. The van der Waals surface area contributed by atoms with Gasteiger partial charge in [0, 0.05) is 12.6 Å². The van der Waals surface area contributed by atoms with Crippen molar-refractivity contribution < 1.29 is 23.1 Å². The summed E-state index contributed by atoms with van der Waals surface area (Å²) < 4.78 is 25.9. The smallest absolute Gasteiger partial charge is 0.305 e. The summed E-state index contributed by atoms with van der Waals surface area (Å²) in [4.78, 5) is 26.5. The van der Waals surface area contributed by atoms with Gasteiger partial charge in [0.1, 0.15) is 0 Å². The average molecular weight is 394 g/mol. The number of sulfone groups is 1. The van der Waals surface area contributed by atoms with Crippen LogP contribution in [-0.2, 0) is 19.4 Å². The van der Waals surface area contributed by atoms with Gasteiger partial charge in [0.05, 0.1) is 11.3 Å². The lowest BCUT2D eigenvalue weighted by Gasteiger charge is -2.35. The summed E-state index contributed by atoms with van der Waals surface area (Å²) in [6, 6.07) is 4.87. The first-order valence-electron chi connectivity index (χ1n) is 9.54. The van der Waals surface area contributed by atoms with E-state index in [0.717, 1.165) is 5.56 Å². The fourth-order valence-electron chi connectivity index (χ4n) is 4.53. The number of hydrogen-bond acceptors (Lipinski definition) is 4. The van der Waals surface area contributed by atoms with Gasteiger partial charge in [-0.3, -0.25) is 9.59 Å². The molecule has 27 heavy (non-hydrogen) atoms. The zero-order valence-corrected chi connectivity index (χ0v) is 16.7. The summed E-state index contributed by atoms with van der Waals surface area (Å²) >= 11 is 0. The van der Waals surface area contributed by atoms with Crippen molar-refractivity contribution in [1.29, 1.82) is 0 Å². The standard InChI is InChI=1S/C20H27NO5S/c1-14-7-8-15(2)17(12-14)27(25,26)20(9-3-4-10-20)19(24)21-11-5-6-16(21)13-18(22)23/h7-8,12,16H,3-6,9-11,13H2,1-2H3,(H,22,23). The first kappa shape index (κ1) is 19.9. The van der Waals surface area contributed by atoms with E-state index in [1.165, 1.54) is 4.90 Å². The van der Waals surface area contributed by atoms with E-state index in [9.17, 15) is 18.0 Å². The van der Waals surface area contributed by atoms with E-state index in [0.29, 0.717) is 50.6 Å². The van der Waals surface area contributed by atoms with Crippen molar-refractivity contribution in [3.8, 4) is 0 Å². The number of nitrogens with zero attached hydrogens (tertiary/aromatic N) is 1. The summed E-state index contributed by atoms with van der Waals surface area (Å²) in [6.07, 6.45) is 3.17. The number of rotatable bonds is 5. The highest BCUT2D eigenvalue weighted by molar-refractivity contribution is 7.93. The molecule has 148 valence electrons. The number of benzene rings is 1. The minimum Gasteiger partial charge on any atom is -0.481 e. The van der Waals surface area contributed by atoms with Crippen molar-refractivity contribution in [2.75, 3.05) is 6.54 Å². The maximum atomic E-state index is 13.7. The van der Waals surface area contributed by atoms with E-state index in [2.05, 4.69) is 0 Å². The summed E-state index contributed by atoms with van der Waals surface area (Å²) in [6.45, 7) is 4.02. The Bertz CT molecular complexity index is 855. The van der Waals surface area contributed by atoms with E-state index in [1.807, 2.05) is 13.0 Å². The minimum atomic E-state index is -3.88. The van der Waals surface area contributed by atoms with Gasteiger partial charge in [-0.25, -0.2) is 8.42 Å². The Morgan fingerprint density at radius 2 is 1.85 bits per heavy atom. The van der Waals surface area contributed by atoms with Crippen LogP contribution in [0.3, 0.4) is 0 Å². The average Bonchev–Trinajstić information content (AvgIpc) is 3.26. The highest BCUT2D eigenvalue weighted by Crippen LogP contribution is 2.44. The predicted molar refractivity (Wildman–Crippen MR) is 101 cm³/mol. The van der Waals surface area contributed by atoms with Gasteiger partial charge >= 0.3 is 5.97 Å². The molecule has 1 aromatic rings. The van der Waals surface area contributed by atoms with Gasteiger partial charge < -0.3 is 10.0 Å². The normalized spacial score (nSPS) is 22.1. The number of hydrogen-bond donors (Lipinski definition) is 1. The molecule has 1 aromatic carbocycles. The zero-order valence-electron chi connectivity index (χ0n) is 15.9. The molecule has 1 atom stereocenters. The molecule has 6 nitrogen and oxygen atoms in total. The molecule has 1 N–H and O–H groups in total. The SMILES string of the molecule is Cc1ccc(C)c(S(=O)(=O)C2(C(=O)N3CCCC3CC(=O)O)CCCC2)c1. The van der Waals surface area contributed by atoms with Crippen molar-refractivity contribution in [2.45, 2.75) is 74.5 Å². The summed E-state index contributed by atoms with van der Waals surface area (Å²) in [5.41, 5.74) is 1.48. The second kappa shape index (κ2) is 7.26. The molecule has 0 aromatic heterocycles. The maximum Gasteiger partial charge on any atom is 0.305 e. The molecular formula is C20H27NO5S. The van der Waals surface area contributed by atoms with E-state index < -0.39 is 32.5 Å². The number of carboxylic acid groups (broad SMARTS) is 1. The quantitative estimate of drug-likeness (QED) is 0.830. The Balaban J connectivity index is 2.04. The molecule has 1 heterocycles. The lowest BCUT2D eigenvalue weighted by atomic mass is 10.0. The molecule has 0 bridgehead atoms. The molecule has 3 rings (SSSR count). The van der Waals surface area contributed by atoms with Crippen LogP contribution in [0.5, 0.6) is 0 Å². The van der Waals surface area contributed by atoms with Crippen molar-refractivity contribution in [3.63, 3.8) is 0 Å². The van der Waals surface area contributed by atoms with Crippen LogP contribution in [0.25, 0.3) is 0 Å². The maximum absolute atomic E-state index is 13.7. The fourth-order valence-corrected chi connectivity index (χ4v) is 6.96. The number of aliphatic carboxylic acids is 1. The molecule has 1 saturated heterocycles. The Hall–Kier alpha value is -1.89. The minimum absolute atomic E-state index is 0.134. The lowest BCUT2D eigenvalue weighted by Crippen LogP contribution is -2.54. The third-order valence-electron chi connectivity index (χ3n) is 6.00. The molecule has 7 heteroatoms. The number of carboxylic acids is 1. The van der Waals surface area contributed by atoms with Gasteiger partial charge in [-0.2, -0.15) is 0 Å². The van der Waals surface area contributed by atoms with Crippen LogP contribution in [0.1, 0.15) is 56.1 Å². The van der Waals surface area contributed by atoms with E-state index >= 15 is 0 Å². The number of likely N-dealkylation sites (tertiary alicyclic amines) is 1. The van der Waals surface area contributed by atoms with Gasteiger partial charge in [0.15, 0.2) is 14.6 Å². The van der Waals surface area contributed by atoms with Crippen LogP contribution < -0.4 is 0 Å². The van der Waals surface area contributed by atoms with E-state index in [1.54, 1.807) is 19.1 Å². The molecule has 1 aliphatic carbocycles. The van der Waals surface area contributed by atoms with E-state index in [4.69, 9.17) is 5.11 Å². The topological polar surface area (TPSA) is 91.8 Å². The lowest BCUT2D eigenvalue weighted by molar-refractivity contribution is -0.140. The van der Waals surface area contributed by atoms with Crippen molar-refractivity contribution in [3.05, 3.63) is 29.3 Å². The van der Waals surface area contributed by atoms with Crippen LogP contribution in [0.2, 0.25) is 0 Å². The van der Waals surface area contributed by atoms with Crippen molar-refractivity contribution >= 4 is 21.7 Å². The van der Waals surface area contributed by atoms with Gasteiger partial charge in [0.2, 0.25) is 5.91 Å². The molecule has 1 saturated carbocycles. The first-order valence-corrected chi connectivity index (χ1v) is 11.0. The van der Waals surface area contributed by atoms with Crippen LogP contribution in [0.4, 0.5) is 0 Å². The zero-order chi connectivity index (χ0) is 19.8. The molecule has 2 aliphatic rings. The van der Waals surface area contributed by atoms with Gasteiger partial charge in [-0.1, -0.05) is 25.0 Å². The van der Waals surface area contributed by atoms with Crippen molar-refractivity contribution in [1.82, 2.24) is 4.90 Å². The molecule has 1 amide bonds. The second-order valence-corrected chi connectivity index (χ2v) is 10.1. The molecule has 1 aliphatic heterocycles. The monoisotopic (exact) mass is 393 g/mol. The fraction of sp³-hybridized carbons (Fsp3) is 0.600. The van der Waals surface area contributed by atoms with Crippen LogP contribution in [0.15, 0.2) is 23.1 Å². The molecule has 0 spiro atoms. The molecule has 1 unspecified atom stereocenters. The van der Waals surface area contributed by atoms with Crippen LogP contribution >= 0.6 is 0 Å². The number of aryl methyl sites for hydroxylation is 2. The van der Waals surface area contributed by atoms with E-state index in [-0.39, 0.29) is 11.3 Å².